The summed E-state index contributed by atoms with van der Waals surface area (Å²) in [6.45, 7) is 2.28. The molecule has 35 heavy (non-hydrogen) atoms. The minimum absolute atomic E-state index is 0.320. The Kier molecular flexibility index (Phi) is 11.0. The number of rotatable bonds is 9. The molecule has 0 spiro atoms. The van der Waals surface area contributed by atoms with Gasteiger partial charge in [-0.1, -0.05) is 89.0 Å². The zero-order valence-corrected chi connectivity index (χ0v) is 21.0. The molecule has 5 heteroatoms. The number of unbranched alkanes of at least 4 members (excludes halogenated alkanes) is 2. The maximum atomic E-state index is 13.8. The van der Waals surface area contributed by atoms with E-state index in [2.05, 4.69) is 29.6 Å². The van der Waals surface area contributed by atoms with Crippen LogP contribution in [0, 0.1) is 41.3 Å². The molecule has 1 nitrogen and oxygen atoms in total. The van der Waals surface area contributed by atoms with Crippen molar-refractivity contribution in [2.24, 2.45) is 23.7 Å². The highest BCUT2D eigenvalue weighted by molar-refractivity contribution is 5.41. The van der Waals surface area contributed by atoms with E-state index in [0.29, 0.717) is 11.5 Å². The highest BCUT2D eigenvalue weighted by atomic mass is 19.4. The van der Waals surface area contributed by atoms with E-state index in [4.69, 9.17) is 0 Å². The second-order valence-corrected chi connectivity index (χ2v) is 10.6. The van der Waals surface area contributed by atoms with Crippen molar-refractivity contribution >= 4 is 0 Å². The molecule has 1 aromatic rings. The van der Waals surface area contributed by atoms with Crippen LogP contribution in [-0.4, -0.2) is 6.36 Å². The average molecular weight is 493 g/mol. The fourth-order valence-corrected chi connectivity index (χ4v) is 5.73. The van der Waals surface area contributed by atoms with Gasteiger partial charge in [0.1, 0.15) is 0 Å². The maximum Gasteiger partial charge on any atom is 0.573 e. The molecule has 0 bridgehead atoms. The van der Waals surface area contributed by atoms with Gasteiger partial charge in [-0.05, 0) is 73.6 Å². The third-order valence-corrected chi connectivity index (χ3v) is 7.88. The average Bonchev–Trinajstić information content (AvgIpc) is 2.83. The number of benzene rings is 1. The van der Waals surface area contributed by atoms with E-state index in [-0.39, 0.29) is 0 Å². The van der Waals surface area contributed by atoms with E-state index in [1.807, 2.05) is 0 Å². The molecule has 0 N–H and O–H groups in total. The van der Waals surface area contributed by atoms with Gasteiger partial charge in [-0.3, -0.25) is 0 Å². The first-order valence-corrected chi connectivity index (χ1v) is 13.6. The molecular formula is C30H40F4O. The van der Waals surface area contributed by atoms with Crippen LogP contribution >= 0.6 is 0 Å². The Morgan fingerprint density at radius 3 is 2.06 bits per heavy atom. The fraction of sp³-hybridized carbons (Fsp3) is 0.667. The highest BCUT2D eigenvalue weighted by Crippen LogP contribution is 2.38. The summed E-state index contributed by atoms with van der Waals surface area (Å²) in [5.74, 6) is 7.07. The Balaban J connectivity index is 1.32. The third-order valence-electron chi connectivity index (χ3n) is 7.88. The summed E-state index contributed by atoms with van der Waals surface area (Å²) in [7, 11) is 0. The molecule has 2 fully saturated rings. The van der Waals surface area contributed by atoms with Gasteiger partial charge in [0.05, 0.1) is 0 Å². The lowest BCUT2D eigenvalue weighted by Gasteiger charge is -2.31. The lowest BCUT2D eigenvalue weighted by Crippen LogP contribution is -2.17. The van der Waals surface area contributed by atoms with Gasteiger partial charge in [0.2, 0.25) is 0 Å². The van der Waals surface area contributed by atoms with Gasteiger partial charge in [-0.15, -0.1) is 13.2 Å². The zero-order valence-electron chi connectivity index (χ0n) is 21.0. The monoisotopic (exact) mass is 492 g/mol. The Morgan fingerprint density at radius 2 is 1.49 bits per heavy atom. The molecule has 2 saturated carbocycles. The van der Waals surface area contributed by atoms with Gasteiger partial charge >= 0.3 is 6.36 Å². The molecule has 0 unspecified atom stereocenters. The SMILES string of the molecule is CCCCCC1CCC(CCC2CCC(/C=C/C#Cc3ccc(OC(F)(F)F)c(F)c3)CC2)CC1. The van der Waals surface area contributed by atoms with Gasteiger partial charge in [-0.25, -0.2) is 4.39 Å². The molecule has 0 radical (unpaired) electrons. The van der Waals surface area contributed by atoms with Crippen LogP contribution < -0.4 is 4.74 Å². The summed E-state index contributed by atoms with van der Waals surface area (Å²) in [5.41, 5.74) is 0.320. The van der Waals surface area contributed by atoms with Gasteiger partial charge in [0, 0.05) is 5.56 Å². The van der Waals surface area contributed by atoms with E-state index in [1.165, 1.54) is 96.0 Å². The molecular weight excluding hydrogens is 452 g/mol. The van der Waals surface area contributed by atoms with E-state index >= 15 is 0 Å². The largest absolute Gasteiger partial charge is 0.573 e. The van der Waals surface area contributed by atoms with Crippen molar-refractivity contribution in [3.63, 3.8) is 0 Å². The quantitative estimate of drug-likeness (QED) is 0.189. The molecule has 0 saturated heterocycles. The first-order chi connectivity index (χ1) is 16.8. The van der Waals surface area contributed by atoms with Crippen LogP contribution in [0.4, 0.5) is 17.6 Å². The molecule has 194 valence electrons. The second-order valence-electron chi connectivity index (χ2n) is 10.6. The van der Waals surface area contributed by atoms with Crippen LogP contribution in [0.3, 0.4) is 0 Å². The van der Waals surface area contributed by atoms with Crippen LogP contribution in [0.15, 0.2) is 30.4 Å². The Bertz CT molecular complexity index is 847. The number of allylic oxidation sites excluding steroid dienone is 2. The van der Waals surface area contributed by atoms with Crippen molar-refractivity contribution < 1.29 is 22.3 Å². The van der Waals surface area contributed by atoms with Crippen LogP contribution in [0.1, 0.15) is 102 Å². The van der Waals surface area contributed by atoms with Crippen molar-refractivity contribution in [2.75, 3.05) is 0 Å². The van der Waals surface area contributed by atoms with Gasteiger partial charge in [0.15, 0.2) is 11.6 Å². The van der Waals surface area contributed by atoms with Gasteiger partial charge < -0.3 is 4.74 Å². The van der Waals surface area contributed by atoms with Crippen molar-refractivity contribution in [3.8, 4) is 17.6 Å². The molecule has 2 aliphatic rings. The fourth-order valence-electron chi connectivity index (χ4n) is 5.73. The summed E-state index contributed by atoms with van der Waals surface area (Å²) in [6, 6.07) is 3.25. The van der Waals surface area contributed by atoms with Gasteiger partial charge in [-0.2, -0.15) is 0 Å². The third kappa shape index (κ3) is 10.3. The molecule has 0 atom stereocenters. The standard InChI is InChI=1S/C30H40F4O/c1-2-3-4-7-23-10-14-25(15-11-23)18-19-26-16-12-24(13-17-26)8-5-6-9-27-20-21-29(28(31)22-27)35-30(32,33)34/h5,8,20-26H,2-4,7,10-19H2,1H3/b8-5+. The molecule has 3 rings (SSSR count). The molecule has 2 aliphatic carbocycles. The lowest BCUT2D eigenvalue weighted by atomic mass is 9.75. The number of hydrogen-bond donors (Lipinski definition) is 0. The Morgan fingerprint density at radius 1 is 0.886 bits per heavy atom. The second kappa shape index (κ2) is 14.0. The summed E-state index contributed by atoms with van der Waals surface area (Å²) < 4.78 is 54.1. The first-order valence-electron chi connectivity index (χ1n) is 13.6. The van der Waals surface area contributed by atoms with E-state index < -0.39 is 17.9 Å². The number of alkyl halides is 3. The molecule has 0 heterocycles. The summed E-state index contributed by atoms with van der Waals surface area (Å²) in [5, 5.41) is 0. The molecule has 1 aromatic carbocycles. The van der Waals surface area contributed by atoms with E-state index in [9.17, 15) is 17.6 Å². The summed E-state index contributed by atoms with van der Waals surface area (Å²) in [6.07, 6.45) is 18.1. The predicted molar refractivity (Wildman–Crippen MR) is 133 cm³/mol. The van der Waals surface area contributed by atoms with Crippen molar-refractivity contribution in [1.29, 1.82) is 0 Å². The molecule has 0 aliphatic heterocycles. The molecule has 0 amide bonds. The van der Waals surface area contributed by atoms with Crippen molar-refractivity contribution in [1.82, 2.24) is 0 Å². The minimum atomic E-state index is -4.91. The maximum absolute atomic E-state index is 13.8. The van der Waals surface area contributed by atoms with Crippen LogP contribution in [0.25, 0.3) is 0 Å². The van der Waals surface area contributed by atoms with E-state index in [1.54, 1.807) is 6.08 Å². The lowest BCUT2D eigenvalue weighted by molar-refractivity contribution is -0.275. The highest BCUT2D eigenvalue weighted by Gasteiger charge is 2.32. The van der Waals surface area contributed by atoms with Crippen molar-refractivity contribution in [3.05, 3.63) is 41.7 Å². The Hall–Kier alpha value is -1.96. The summed E-state index contributed by atoms with van der Waals surface area (Å²) in [4.78, 5) is 0. The Labute approximate surface area is 208 Å². The number of ether oxygens (including phenoxy) is 1. The number of hydrogen-bond acceptors (Lipinski definition) is 1. The van der Waals surface area contributed by atoms with Crippen LogP contribution in [0.5, 0.6) is 5.75 Å². The summed E-state index contributed by atoms with van der Waals surface area (Å²) >= 11 is 0. The van der Waals surface area contributed by atoms with E-state index in [0.717, 1.165) is 29.9 Å². The zero-order chi connectivity index (χ0) is 25.1. The first kappa shape index (κ1) is 27.6. The topological polar surface area (TPSA) is 9.23 Å². The van der Waals surface area contributed by atoms with Crippen molar-refractivity contribution in [2.45, 2.75) is 103 Å². The van der Waals surface area contributed by atoms with Gasteiger partial charge in [0.25, 0.3) is 0 Å². The smallest absolute Gasteiger partial charge is 0.403 e. The van der Waals surface area contributed by atoms with Crippen LogP contribution in [-0.2, 0) is 0 Å². The van der Waals surface area contributed by atoms with Crippen LogP contribution in [0.2, 0.25) is 0 Å². The minimum Gasteiger partial charge on any atom is -0.403 e. The number of halogens is 4. The predicted octanol–water partition coefficient (Wildman–Crippen LogP) is 9.61. The molecule has 0 aromatic heterocycles. The normalized spacial score (nSPS) is 25.3.